The summed E-state index contributed by atoms with van der Waals surface area (Å²) in [5.74, 6) is -0.261. The molecule has 1 aromatic carbocycles. The topological polar surface area (TPSA) is 107 Å². The van der Waals surface area contributed by atoms with Gasteiger partial charge in [-0.3, -0.25) is 9.59 Å². The van der Waals surface area contributed by atoms with Crippen LogP contribution in [0.5, 0.6) is 0 Å². The van der Waals surface area contributed by atoms with Crippen LogP contribution in [0.3, 0.4) is 0 Å². The molecule has 0 radical (unpaired) electrons. The molecule has 0 aromatic heterocycles. The van der Waals surface area contributed by atoms with E-state index in [9.17, 15) is 18.0 Å². The number of sulfonamides is 1. The highest BCUT2D eigenvalue weighted by molar-refractivity contribution is 7.89. The molecule has 3 atom stereocenters. The van der Waals surface area contributed by atoms with Crippen molar-refractivity contribution in [3.8, 4) is 6.07 Å². The summed E-state index contributed by atoms with van der Waals surface area (Å²) >= 11 is 0. The molecular weight excluding hydrogens is 450 g/mol. The average Bonchev–Trinajstić information content (AvgIpc) is 3.45. The van der Waals surface area contributed by atoms with E-state index in [1.54, 1.807) is 36.2 Å². The van der Waals surface area contributed by atoms with Crippen LogP contribution in [0.1, 0.15) is 69.9 Å². The zero-order chi connectivity index (χ0) is 24.7. The molecule has 8 heteroatoms. The minimum Gasteiger partial charge on any atom is -0.341 e. The molecule has 3 aliphatic carbocycles. The minimum atomic E-state index is -3.92. The van der Waals surface area contributed by atoms with Crippen molar-refractivity contribution in [1.29, 1.82) is 5.26 Å². The first-order chi connectivity index (χ1) is 16.0. The van der Waals surface area contributed by atoms with Gasteiger partial charge in [-0.05, 0) is 61.1 Å². The lowest BCUT2D eigenvalue weighted by Gasteiger charge is -2.37. The highest BCUT2D eigenvalue weighted by Crippen LogP contribution is 2.64. The number of carbonyl (C=O) groups excluding carboxylic acids is 2. The van der Waals surface area contributed by atoms with Crippen LogP contribution in [0.25, 0.3) is 0 Å². The molecule has 4 rings (SSSR count). The van der Waals surface area contributed by atoms with Crippen LogP contribution in [-0.2, 0) is 26.0 Å². The molecule has 0 saturated heterocycles. The third kappa shape index (κ3) is 4.40. The van der Waals surface area contributed by atoms with E-state index >= 15 is 0 Å². The van der Waals surface area contributed by atoms with E-state index in [4.69, 9.17) is 5.26 Å². The summed E-state index contributed by atoms with van der Waals surface area (Å²) in [4.78, 5) is 28.1. The third-order valence-electron chi connectivity index (χ3n) is 8.94. The average molecular weight is 486 g/mol. The maximum absolute atomic E-state index is 13.5. The van der Waals surface area contributed by atoms with Gasteiger partial charge in [0.05, 0.1) is 17.4 Å². The highest BCUT2D eigenvalue weighted by atomic mass is 32.2. The molecule has 3 fully saturated rings. The Morgan fingerprint density at radius 3 is 2.38 bits per heavy atom. The predicted molar refractivity (Wildman–Crippen MR) is 129 cm³/mol. The van der Waals surface area contributed by atoms with Crippen molar-refractivity contribution in [2.75, 3.05) is 12.8 Å². The van der Waals surface area contributed by atoms with Gasteiger partial charge in [-0.2, -0.15) is 5.26 Å². The first-order valence-electron chi connectivity index (χ1n) is 12.3. The Bertz CT molecular complexity index is 1100. The molecule has 0 spiro atoms. The molecule has 1 unspecified atom stereocenters. The fraction of sp³-hybridized carbons (Fsp3) is 0.654. The number of Topliss-reactive ketones (excluding diaryl/α,β-unsaturated/α-hetero) is 1. The smallest absolute Gasteiger partial charge is 0.241 e. The summed E-state index contributed by atoms with van der Waals surface area (Å²) in [7, 11) is -2.17. The quantitative estimate of drug-likeness (QED) is 0.608. The Morgan fingerprint density at radius 1 is 1.21 bits per heavy atom. The third-order valence-corrected chi connectivity index (χ3v) is 10.5. The lowest BCUT2D eigenvalue weighted by molar-refractivity contribution is -0.133. The number of likely N-dealkylation sites (N-methyl/N-ethyl adjacent to an activating group) is 1. The summed E-state index contributed by atoms with van der Waals surface area (Å²) in [6.45, 7) is 4.02. The first-order valence-corrected chi connectivity index (χ1v) is 13.9. The van der Waals surface area contributed by atoms with E-state index < -0.39 is 21.5 Å². The van der Waals surface area contributed by atoms with Crippen molar-refractivity contribution in [3.05, 3.63) is 35.4 Å². The molecule has 0 aliphatic heterocycles. The lowest BCUT2D eigenvalue weighted by Crippen LogP contribution is -2.53. The van der Waals surface area contributed by atoms with E-state index in [0.717, 1.165) is 37.7 Å². The fourth-order valence-electron chi connectivity index (χ4n) is 6.54. The number of hydrogen-bond donors (Lipinski definition) is 1. The molecule has 7 nitrogen and oxygen atoms in total. The van der Waals surface area contributed by atoms with Gasteiger partial charge in [0.2, 0.25) is 15.9 Å². The summed E-state index contributed by atoms with van der Waals surface area (Å²) < 4.78 is 29.7. The van der Waals surface area contributed by atoms with Crippen LogP contribution < -0.4 is 4.72 Å². The van der Waals surface area contributed by atoms with Gasteiger partial charge in [0.1, 0.15) is 11.8 Å². The van der Waals surface area contributed by atoms with Crippen molar-refractivity contribution in [3.63, 3.8) is 0 Å². The number of nitriles is 1. The number of amides is 1. The molecule has 1 N–H and O–H groups in total. The van der Waals surface area contributed by atoms with Crippen molar-refractivity contribution >= 4 is 21.7 Å². The zero-order valence-corrected chi connectivity index (χ0v) is 21.2. The largest absolute Gasteiger partial charge is 0.341 e. The highest BCUT2D eigenvalue weighted by Gasteiger charge is 2.65. The maximum Gasteiger partial charge on any atom is 0.241 e. The van der Waals surface area contributed by atoms with E-state index in [0.29, 0.717) is 18.4 Å². The number of ketones is 1. The summed E-state index contributed by atoms with van der Waals surface area (Å²) in [5.41, 5.74) is 0.0259. The van der Waals surface area contributed by atoms with Crippen LogP contribution in [0.2, 0.25) is 0 Å². The fourth-order valence-corrected chi connectivity index (χ4v) is 8.57. The normalized spacial score (nSPS) is 27.0. The minimum absolute atomic E-state index is 0.0390. The van der Waals surface area contributed by atoms with Crippen molar-refractivity contribution in [2.24, 2.45) is 16.7 Å². The predicted octanol–water partition coefficient (Wildman–Crippen LogP) is 3.19. The number of nitrogens with one attached hydrogen (secondary N) is 1. The Balaban J connectivity index is 1.58. The molecule has 34 heavy (non-hydrogen) atoms. The Labute approximate surface area is 202 Å². The summed E-state index contributed by atoms with van der Waals surface area (Å²) in [6, 6.07) is 8.08. The first kappa shape index (κ1) is 24.9. The van der Waals surface area contributed by atoms with Gasteiger partial charge < -0.3 is 4.90 Å². The molecule has 0 heterocycles. The number of fused-ring (bicyclic) bond motifs is 2. The number of carbonyl (C=O) groups is 2. The Morgan fingerprint density at radius 2 is 1.85 bits per heavy atom. The number of benzene rings is 1. The molecule has 2 bridgehead atoms. The summed E-state index contributed by atoms with van der Waals surface area (Å²) in [6.07, 6.45) is 6.06. The van der Waals surface area contributed by atoms with Crippen LogP contribution in [0.4, 0.5) is 0 Å². The second-order valence-corrected chi connectivity index (χ2v) is 12.8. The Hall–Kier alpha value is -2.24. The monoisotopic (exact) mass is 485 g/mol. The molecule has 184 valence electrons. The van der Waals surface area contributed by atoms with Crippen molar-refractivity contribution in [1.82, 2.24) is 9.62 Å². The molecular formula is C26H35N3O4S. The van der Waals surface area contributed by atoms with Crippen LogP contribution >= 0.6 is 0 Å². The van der Waals surface area contributed by atoms with Gasteiger partial charge in [0.15, 0.2) is 0 Å². The molecule has 1 aromatic rings. The molecule has 3 saturated carbocycles. The van der Waals surface area contributed by atoms with Gasteiger partial charge in [-0.15, -0.1) is 0 Å². The van der Waals surface area contributed by atoms with Crippen LogP contribution in [0, 0.1) is 28.1 Å². The lowest BCUT2D eigenvalue weighted by atomic mass is 9.70. The molecule has 3 aliphatic rings. The van der Waals surface area contributed by atoms with Crippen LogP contribution in [0.15, 0.2) is 24.3 Å². The summed E-state index contributed by atoms with van der Waals surface area (Å²) in [5, 5.41) is 9.07. The Kier molecular flexibility index (Phi) is 6.65. The van der Waals surface area contributed by atoms with Gasteiger partial charge in [0.25, 0.3) is 0 Å². The standard InChI is InChI=1S/C26H35N3O4S/c1-25(2)20-12-13-26(25,23(30)15-20)17-34(32,33)28-22(14-18-8-10-19(16-27)11-9-18)24(31)29(3)21-6-4-5-7-21/h8-11,20-22,28H,4-7,12-15,17H2,1-3H3/t20?,22-,26+/m0/s1. The van der Waals surface area contributed by atoms with Gasteiger partial charge in [-0.25, -0.2) is 13.1 Å². The van der Waals surface area contributed by atoms with E-state index in [1.165, 1.54) is 0 Å². The van der Waals surface area contributed by atoms with Gasteiger partial charge in [-0.1, -0.05) is 38.8 Å². The number of hydrogen-bond acceptors (Lipinski definition) is 5. The number of nitrogens with zero attached hydrogens (tertiary/aromatic N) is 2. The van der Waals surface area contributed by atoms with Crippen molar-refractivity contribution in [2.45, 2.75) is 77.3 Å². The van der Waals surface area contributed by atoms with Crippen molar-refractivity contribution < 1.29 is 18.0 Å². The van der Waals surface area contributed by atoms with E-state index in [-0.39, 0.29) is 41.2 Å². The van der Waals surface area contributed by atoms with Gasteiger partial charge >= 0.3 is 0 Å². The van der Waals surface area contributed by atoms with E-state index in [2.05, 4.69) is 10.8 Å². The number of rotatable bonds is 8. The zero-order valence-electron chi connectivity index (χ0n) is 20.3. The maximum atomic E-state index is 13.5. The second kappa shape index (κ2) is 9.09. The van der Waals surface area contributed by atoms with Crippen LogP contribution in [-0.4, -0.2) is 49.9 Å². The van der Waals surface area contributed by atoms with Gasteiger partial charge in [0, 0.05) is 24.9 Å². The molecule has 1 amide bonds. The van der Waals surface area contributed by atoms with E-state index in [1.807, 2.05) is 13.8 Å². The SMILES string of the molecule is CN(C(=O)[C@H](Cc1ccc(C#N)cc1)NS(=O)(=O)C[C@]12CCC(CC1=O)C2(C)C)C1CCCC1. The second-order valence-electron chi connectivity index (χ2n) is 11.0.